The molecule has 0 saturated heterocycles. The quantitative estimate of drug-likeness (QED) is 0.853. The van der Waals surface area contributed by atoms with Crippen molar-refractivity contribution in [1.29, 1.82) is 0 Å². The molecule has 8 heteroatoms. The highest BCUT2D eigenvalue weighted by atomic mass is 19.2. The van der Waals surface area contributed by atoms with Gasteiger partial charge < -0.3 is 15.0 Å². The Balaban J connectivity index is 2.27. The topological polar surface area (TPSA) is 74.2 Å². The molecule has 0 aliphatic carbocycles. The van der Waals surface area contributed by atoms with Gasteiger partial charge in [0, 0.05) is 6.61 Å². The smallest absolute Gasteiger partial charge is 0.261 e. The van der Waals surface area contributed by atoms with E-state index in [4.69, 9.17) is 15.0 Å². The van der Waals surface area contributed by atoms with Crippen LogP contribution in [0.15, 0.2) is 16.7 Å². The third-order valence-corrected chi connectivity index (χ3v) is 2.54. The molecule has 0 amide bonds. The van der Waals surface area contributed by atoms with Gasteiger partial charge in [0.15, 0.2) is 23.3 Å². The number of hydrogen-bond donors (Lipinski definition) is 1. The maximum Gasteiger partial charge on any atom is 0.261 e. The van der Waals surface area contributed by atoms with Gasteiger partial charge in [0.2, 0.25) is 0 Å². The second-order valence-corrected chi connectivity index (χ2v) is 3.95. The summed E-state index contributed by atoms with van der Waals surface area (Å²) >= 11 is 0. The van der Waals surface area contributed by atoms with Gasteiger partial charge in [-0.15, -0.1) is 0 Å². The average molecular weight is 287 g/mol. The lowest BCUT2D eigenvalue weighted by Crippen LogP contribution is -2.18. The van der Waals surface area contributed by atoms with Crippen molar-refractivity contribution in [3.8, 4) is 11.5 Å². The highest BCUT2D eigenvalue weighted by molar-refractivity contribution is 5.54. The van der Waals surface area contributed by atoms with Crippen molar-refractivity contribution in [1.82, 2.24) is 10.1 Å². The van der Waals surface area contributed by atoms with Crippen LogP contribution in [0.5, 0.6) is 0 Å². The second-order valence-electron chi connectivity index (χ2n) is 3.95. The van der Waals surface area contributed by atoms with E-state index in [1.165, 1.54) is 0 Å². The minimum atomic E-state index is -1.60. The van der Waals surface area contributed by atoms with Gasteiger partial charge in [0.05, 0.1) is 18.2 Å². The molecule has 20 heavy (non-hydrogen) atoms. The Kier molecular flexibility index (Phi) is 4.35. The van der Waals surface area contributed by atoms with E-state index >= 15 is 0 Å². The predicted octanol–water partition coefficient (Wildman–Crippen LogP) is 2.19. The van der Waals surface area contributed by atoms with Crippen molar-refractivity contribution < 1.29 is 22.4 Å². The first-order chi connectivity index (χ1) is 9.54. The molecule has 2 rings (SSSR count). The molecule has 0 aliphatic heterocycles. The molecule has 108 valence electrons. The molecule has 1 aromatic heterocycles. The monoisotopic (exact) mass is 287 g/mol. The van der Waals surface area contributed by atoms with Crippen LogP contribution in [0.25, 0.3) is 11.5 Å². The third kappa shape index (κ3) is 2.81. The molecule has 2 aromatic rings. The number of aromatic nitrogens is 2. The first kappa shape index (κ1) is 14.5. The summed E-state index contributed by atoms with van der Waals surface area (Å²) in [6, 6.07) is 1.14. The zero-order chi connectivity index (χ0) is 14.7. The van der Waals surface area contributed by atoms with Crippen LogP contribution in [0, 0.1) is 17.5 Å². The first-order valence-corrected chi connectivity index (χ1v) is 5.85. The normalized spacial score (nSPS) is 12.7. The van der Waals surface area contributed by atoms with E-state index in [-0.39, 0.29) is 23.9 Å². The van der Waals surface area contributed by atoms with Crippen molar-refractivity contribution in [3.63, 3.8) is 0 Å². The number of hydrogen-bond acceptors (Lipinski definition) is 5. The summed E-state index contributed by atoms with van der Waals surface area (Å²) in [5, 5.41) is 3.56. The van der Waals surface area contributed by atoms with Crippen molar-refractivity contribution in [2.75, 3.05) is 13.2 Å². The molecule has 1 atom stereocenters. The fourth-order valence-electron chi connectivity index (χ4n) is 1.51. The van der Waals surface area contributed by atoms with E-state index in [9.17, 15) is 13.2 Å². The molecule has 0 saturated carbocycles. The van der Waals surface area contributed by atoms with Gasteiger partial charge >= 0.3 is 0 Å². The molecule has 1 aromatic carbocycles. The molecular formula is C12H12F3N3O2. The third-order valence-electron chi connectivity index (χ3n) is 2.54. The molecule has 2 N–H and O–H groups in total. The van der Waals surface area contributed by atoms with Crippen LogP contribution in [0.2, 0.25) is 0 Å². The van der Waals surface area contributed by atoms with Gasteiger partial charge in [0.1, 0.15) is 0 Å². The largest absolute Gasteiger partial charge is 0.380 e. The van der Waals surface area contributed by atoms with Crippen molar-refractivity contribution in [3.05, 3.63) is 35.4 Å². The van der Waals surface area contributed by atoms with E-state index in [1.807, 2.05) is 0 Å². The van der Waals surface area contributed by atoms with E-state index in [2.05, 4.69) is 10.1 Å². The Morgan fingerprint density at radius 1 is 1.30 bits per heavy atom. The van der Waals surface area contributed by atoms with Crippen LogP contribution in [0.1, 0.15) is 18.8 Å². The zero-order valence-corrected chi connectivity index (χ0v) is 10.6. The summed E-state index contributed by atoms with van der Waals surface area (Å²) in [5.74, 6) is -4.46. The molecule has 0 fully saturated rings. The SMILES string of the molecule is CCOCC(N)c1noc(-c2ccc(F)c(F)c2F)n1. The average Bonchev–Trinajstić information content (AvgIpc) is 2.92. The number of nitrogens with two attached hydrogens (primary N) is 1. The van der Waals surface area contributed by atoms with Crippen LogP contribution in [0.4, 0.5) is 13.2 Å². The van der Waals surface area contributed by atoms with Gasteiger partial charge in [-0.3, -0.25) is 0 Å². The highest BCUT2D eigenvalue weighted by Gasteiger charge is 2.21. The summed E-state index contributed by atoms with van der Waals surface area (Å²) in [6.07, 6.45) is 0. The second kappa shape index (κ2) is 6.02. The lowest BCUT2D eigenvalue weighted by molar-refractivity contribution is 0.130. The Morgan fingerprint density at radius 3 is 2.75 bits per heavy atom. The Morgan fingerprint density at radius 2 is 2.05 bits per heavy atom. The molecule has 1 heterocycles. The highest BCUT2D eigenvalue weighted by Crippen LogP contribution is 2.25. The first-order valence-electron chi connectivity index (χ1n) is 5.85. The zero-order valence-electron chi connectivity index (χ0n) is 10.6. The molecular weight excluding hydrogens is 275 g/mol. The number of benzene rings is 1. The van der Waals surface area contributed by atoms with Crippen LogP contribution >= 0.6 is 0 Å². The van der Waals surface area contributed by atoms with Crippen molar-refractivity contribution in [2.45, 2.75) is 13.0 Å². The number of ether oxygens (including phenoxy) is 1. The molecule has 0 bridgehead atoms. The molecule has 0 aliphatic rings. The van der Waals surface area contributed by atoms with Crippen LogP contribution in [-0.2, 0) is 4.74 Å². The summed E-state index contributed by atoms with van der Waals surface area (Å²) in [4.78, 5) is 3.85. The number of halogens is 3. The summed E-state index contributed by atoms with van der Waals surface area (Å²) in [7, 11) is 0. The van der Waals surface area contributed by atoms with E-state index in [1.54, 1.807) is 6.92 Å². The molecule has 1 unspecified atom stereocenters. The summed E-state index contributed by atoms with van der Waals surface area (Å²) in [5.41, 5.74) is 5.40. The lowest BCUT2D eigenvalue weighted by Gasteiger charge is -2.05. The van der Waals surface area contributed by atoms with Crippen molar-refractivity contribution in [2.24, 2.45) is 5.73 Å². The molecule has 0 radical (unpaired) electrons. The summed E-state index contributed by atoms with van der Waals surface area (Å²) < 4.78 is 49.4. The molecule has 0 spiro atoms. The standard InChI is InChI=1S/C12H12F3N3O2/c1-2-19-5-8(16)11-17-12(20-18-11)6-3-4-7(13)10(15)9(6)14/h3-4,8H,2,5,16H2,1H3. The predicted molar refractivity (Wildman–Crippen MR) is 63.0 cm³/mol. The fraction of sp³-hybridized carbons (Fsp3) is 0.333. The van der Waals surface area contributed by atoms with Crippen LogP contribution in [0.3, 0.4) is 0 Å². The number of rotatable bonds is 5. The lowest BCUT2D eigenvalue weighted by atomic mass is 10.2. The van der Waals surface area contributed by atoms with E-state index in [0.29, 0.717) is 6.61 Å². The maximum absolute atomic E-state index is 13.6. The molecule has 5 nitrogen and oxygen atoms in total. The summed E-state index contributed by atoms with van der Waals surface area (Å²) in [6.45, 7) is 2.43. The van der Waals surface area contributed by atoms with Crippen LogP contribution in [-0.4, -0.2) is 23.4 Å². The number of nitrogens with zero attached hydrogens (tertiary/aromatic N) is 2. The fourth-order valence-corrected chi connectivity index (χ4v) is 1.51. The Labute approximate surface area is 112 Å². The Bertz CT molecular complexity index is 604. The van der Waals surface area contributed by atoms with Gasteiger partial charge in [-0.25, -0.2) is 13.2 Å². The van der Waals surface area contributed by atoms with Crippen molar-refractivity contribution >= 4 is 0 Å². The minimum absolute atomic E-state index is 0.0950. The minimum Gasteiger partial charge on any atom is -0.380 e. The van der Waals surface area contributed by atoms with E-state index < -0.39 is 23.5 Å². The van der Waals surface area contributed by atoms with Crippen LogP contribution < -0.4 is 5.73 Å². The maximum atomic E-state index is 13.6. The van der Waals surface area contributed by atoms with Gasteiger partial charge in [-0.2, -0.15) is 4.98 Å². The van der Waals surface area contributed by atoms with Gasteiger partial charge in [-0.05, 0) is 19.1 Å². The Hall–Kier alpha value is -1.93. The van der Waals surface area contributed by atoms with Gasteiger partial charge in [-0.1, -0.05) is 5.16 Å². The van der Waals surface area contributed by atoms with E-state index in [0.717, 1.165) is 12.1 Å². The van der Waals surface area contributed by atoms with Gasteiger partial charge in [0.25, 0.3) is 5.89 Å².